The zero-order valence-electron chi connectivity index (χ0n) is 11.8. The molecule has 3 rings (SSSR count). The Kier molecular flexibility index (Phi) is 3.26. The predicted molar refractivity (Wildman–Crippen MR) is 75.5 cm³/mol. The van der Waals surface area contributed by atoms with Crippen LogP contribution in [0.1, 0.15) is 34.0 Å². The molecule has 104 valence electrons. The van der Waals surface area contributed by atoms with Crippen molar-refractivity contribution in [3.63, 3.8) is 0 Å². The molecular formula is C15H18N4O. The summed E-state index contributed by atoms with van der Waals surface area (Å²) in [6.07, 6.45) is 5.62. The number of amides is 1. The summed E-state index contributed by atoms with van der Waals surface area (Å²) in [6.45, 7) is 4.59. The fraction of sp³-hybridized carbons (Fsp3) is 0.400. The maximum absolute atomic E-state index is 12.3. The van der Waals surface area contributed by atoms with Gasteiger partial charge in [-0.25, -0.2) is 4.98 Å². The Morgan fingerprint density at radius 2 is 2.25 bits per heavy atom. The van der Waals surface area contributed by atoms with E-state index in [1.54, 1.807) is 0 Å². The molecule has 0 spiro atoms. The summed E-state index contributed by atoms with van der Waals surface area (Å²) in [5.74, 6) is 1.06. The summed E-state index contributed by atoms with van der Waals surface area (Å²) in [7, 11) is 0. The predicted octanol–water partition coefficient (Wildman–Crippen LogP) is 1.64. The molecule has 1 aliphatic heterocycles. The first-order valence-electron chi connectivity index (χ1n) is 6.88. The quantitative estimate of drug-likeness (QED) is 0.902. The Morgan fingerprint density at radius 3 is 3.05 bits per heavy atom. The first-order chi connectivity index (χ1) is 9.63. The molecule has 1 aliphatic rings. The number of nitrogens with one attached hydrogen (secondary N) is 1. The Morgan fingerprint density at radius 1 is 1.40 bits per heavy atom. The lowest BCUT2D eigenvalue weighted by Crippen LogP contribution is -2.41. The molecule has 0 radical (unpaired) electrons. The van der Waals surface area contributed by atoms with Crippen LogP contribution in [0.2, 0.25) is 0 Å². The normalized spacial score (nSPS) is 17.6. The van der Waals surface area contributed by atoms with E-state index in [0.29, 0.717) is 5.56 Å². The first kappa shape index (κ1) is 12.8. The van der Waals surface area contributed by atoms with Crippen molar-refractivity contribution in [1.82, 2.24) is 19.9 Å². The van der Waals surface area contributed by atoms with Crippen molar-refractivity contribution in [2.24, 2.45) is 0 Å². The second kappa shape index (κ2) is 5.07. The van der Waals surface area contributed by atoms with Crippen LogP contribution >= 0.6 is 0 Å². The molecule has 0 unspecified atom stereocenters. The largest absolute Gasteiger partial charge is 0.347 e. The monoisotopic (exact) mass is 270 g/mol. The van der Waals surface area contributed by atoms with E-state index in [1.165, 1.54) is 0 Å². The van der Waals surface area contributed by atoms with E-state index in [1.807, 2.05) is 38.4 Å². The molecule has 1 atom stereocenters. The van der Waals surface area contributed by atoms with E-state index in [-0.39, 0.29) is 11.9 Å². The summed E-state index contributed by atoms with van der Waals surface area (Å²) < 4.78 is 2.11. The van der Waals surface area contributed by atoms with Crippen LogP contribution in [0.5, 0.6) is 0 Å². The van der Waals surface area contributed by atoms with Crippen molar-refractivity contribution in [2.45, 2.75) is 39.3 Å². The molecular weight excluding hydrogens is 252 g/mol. The maximum atomic E-state index is 12.3. The minimum atomic E-state index is -0.0384. The van der Waals surface area contributed by atoms with E-state index in [4.69, 9.17) is 0 Å². The van der Waals surface area contributed by atoms with Gasteiger partial charge in [0.25, 0.3) is 5.91 Å². The van der Waals surface area contributed by atoms with Gasteiger partial charge in [0.15, 0.2) is 0 Å². The van der Waals surface area contributed by atoms with E-state index >= 15 is 0 Å². The molecule has 1 N–H and O–H groups in total. The van der Waals surface area contributed by atoms with Crippen LogP contribution in [-0.4, -0.2) is 26.5 Å². The van der Waals surface area contributed by atoms with Crippen LogP contribution in [0.25, 0.3) is 0 Å². The number of carbonyl (C=O) groups excluding carboxylic acids is 1. The van der Waals surface area contributed by atoms with Crippen molar-refractivity contribution in [3.05, 3.63) is 47.3 Å². The molecule has 0 aliphatic carbocycles. The highest BCUT2D eigenvalue weighted by Gasteiger charge is 2.21. The first-order valence-corrected chi connectivity index (χ1v) is 6.88. The number of aromatic nitrogens is 3. The van der Waals surface area contributed by atoms with Gasteiger partial charge in [0.2, 0.25) is 0 Å². The third kappa shape index (κ3) is 2.43. The van der Waals surface area contributed by atoms with Gasteiger partial charge in [-0.1, -0.05) is 0 Å². The molecule has 5 nitrogen and oxygen atoms in total. The average Bonchev–Trinajstić information content (AvgIpc) is 2.85. The molecule has 0 saturated heterocycles. The standard InChI is InChI=1S/C15H18N4O/c1-10-3-5-13(11(2)17-10)15(20)18-12-4-6-14-16-7-8-19(14)9-12/h3,5,7-8,12H,4,6,9H2,1-2H3,(H,18,20)/t12-/m1/s1. The van der Waals surface area contributed by atoms with Gasteiger partial charge in [0.1, 0.15) is 5.82 Å². The fourth-order valence-electron chi connectivity index (χ4n) is 2.67. The van der Waals surface area contributed by atoms with Crippen molar-refractivity contribution in [3.8, 4) is 0 Å². The lowest BCUT2D eigenvalue weighted by molar-refractivity contribution is 0.0926. The number of aryl methyl sites for hydroxylation is 3. The molecule has 0 bridgehead atoms. The highest BCUT2D eigenvalue weighted by Crippen LogP contribution is 2.14. The van der Waals surface area contributed by atoms with Gasteiger partial charge in [-0.2, -0.15) is 0 Å². The number of hydrogen-bond donors (Lipinski definition) is 1. The SMILES string of the molecule is Cc1ccc(C(=O)N[C@@H]2CCc3nccn3C2)c(C)n1. The van der Waals surface area contributed by atoms with Crippen LogP contribution in [0.15, 0.2) is 24.5 Å². The molecule has 0 fully saturated rings. The molecule has 5 heteroatoms. The average molecular weight is 270 g/mol. The number of carbonyl (C=O) groups is 1. The number of hydrogen-bond acceptors (Lipinski definition) is 3. The van der Waals surface area contributed by atoms with E-state index < -0.39 is 0 Å². The summed E-state index contributed by atoms with van der Waals surface area (Å²) in [5.41, 5.74) is 2.37. The van der Waals surface area contributed by atoms with Gasteiger partial charge in [0.05, 0.1) is 11.3 Å². The zero-order chi connectivity index (χ0) is 14.1. The highest BCUT2D eigenvalue weighted by atomic mass is 16.1. The molecule has 20 heavy (non-hydrogen) atoms. The minimum Gasteiger partial charge on any atom is -0.347 e. The Hall–Kier alpha value is -2.17. The van der Waals surface area contributed by atoms with Gasteiger partial charge in [-0.15, -0.1) is 0 Å². The van der Waals surface area contributed by atoms with Crippen LogP contribution in [0.3, 0.4) is 0 Å². The zero-order valence-corrected chi connectivity index (χ0v) is 11.8. The number of nitrogens with zero attached hydrogens (tertiary/aromatic N) is 3. The second-order valence-corrected chi connectivity index (χ2v) is 5.29. The third-order valence-electron chi connectivity index (χ3n) is 3.74. The Labute approximate surface area is 118 Å². The van der Waals surface area contributed by atoms with Crippen molar-refractivity contribution < 1.29 is 4.79 Å². The van der Waals surface area contributed by atoms with Crippen LogP contribution in [-0.2, 0) is 13.0 Å². The molecule has 2 aromatic rings. The molecule has 0 aromatic carbocycles. The van der Waals surface area contributed by atoms with Gasteiger partial charge in [-0.3, -0.25) is 9.78 Å². The summed E-state index contributed by atoms with van der Waals surface area (Å²) >= 11 is 0. The molecule has 0 saturated carbocycles. The van der Waals surface area contributed by atoms with Gasteiger partial charge < -0.3 is 9.88 Å². The van der Waals surface area contributed by atoms with Crippen LogP contribution < -0.4 is 5.32 Å². The molecule has 2 aromatic heterocycles. The van der Waals surface area contributed by atoms with E-state index in [0.717, 1.165) is 36.6 Å². The molecule has 1 amide bonds. The van der Waals surface area contributed by atoms with Gasteiger partial charge in [-0.05, 0) is 32.4 Å². The van der Waals surface area contributed by atoms with Gasteiger partial charge in [0, 0.05) is 37.1 Å². The van der Waals surface area contributed by atoms with E-state index in [9.17, 15) is 4.79 Å². The number of fused-ring (bicyclic) bond motifs is 1. The summed E-state index contributed by atoms with van der Waals surface area (Å²) in [4.78, 5) is 21.0. The third-order valence-corrected chi connectivity index (χ3v) is 3.74. The fourth-order valence-corrected chi connectivity index (χ4v) is 2.67. The number of rotatable bonds is 2. The lowest BCUT2D eigenvalue weighted by atomic mass is 10.1. The maximum Gasteiger partial charge on any atom is 0.253 e. The highest BCUT2D eigenvalue weighted by molar-refractivity contribution is 5.95. The Balaban J connectivity index is 1.71. The van der Waals surface area contributed by atoms with Crippen molar-refractivity contribution in [1.29, 1.82) is 0 Å². The minimum absolute atomic E-state index is 0.0384. The van der Waals surface area contributed by atoms with Gasteiger partial charge >= 0.3 is 0 Å². The lowest BCUT2D eigenvalue weighted by Gasteiger charge is -2.25. The number of pyridine rings is 1. The second-order valence-electron chi connectivity index (χ2n) is 5.29. The van der Waals surface area contributed by atoms with Crippen molar-refractivity contribution in [2.75, 3.05) is 0 Å². The summed E-state index contributed by atoms with van der Waals surface area (Å²) in [5, 5.41) is 3.10. The molecule has 3 heterocycles. The Bertz CT molecular complexity index is 647. The van der Waals surface area contributed by atoms with Crippen LogP contribution in [0, 0.1) is 13.8 Å². The van der Waals surface area contributed by atoms with Crippen molar-refractivity contribution >= 4 is 5.91 Å². The number of imidazole rings is 1. The topological polar surface area (TPSA) is 59.8 Å². The van der Waals surface area contributed by atoms with Crippen LogP contribution in [0.4, 0.5) is 0 Å². The van der Waals surface area contributed by atoms with E-state index in [2.05, 4.69) is 19.9 Å². The summed E-state index contributed by atoms with van der Waals surface area (Å²) in [6, 6.07) is 3.87. The smallest absolute Gasteiger partial charge is 0.253 e.